The van der Waals surface area contributed by atoms with Gasteiger partial charge in [0.1, 0.15) is 18.4 Å². The highest BCUT2D eigenvalue weighted by molar-refractivity contribution is 5.83. The Labute approximate surface area is 162 Å². The molecule has 0 saturated carbocycles. The van der Waals surface area contributed by atoms with E-state index in [1.54, 1.807) is 23.4 Å². The van der Waals surface area contributed by atoms with E-state index >= 15 is 0 Å². The number of ether oxygens (including phenoxy) is 1. The molecule has 4 rings (SSSR count). The van der Waals surface area contributed by atoms with Crippen LogP contribution in [0.15, 0.2) is 53.6 Å². The molecule has 1 aliphatic rings. The van der Waals surface area contributed by atoms with Crippen molar-refractivity contribution in [3.8, 4) is 5.75 Å². The van der Waals surface area contributed by atoms with Gasteiger partial charge in [0.2, 0.25) is 5.91 Å². The molecule has 1 amide bonds. The van der Waals surface area contributed by atoms with Crippen LogP contribution in [0.4, 0.5) is 0 Å². The lowest BCUT2D eigenvalue weighted by Crippen LogP contribution is -2.44. The van der Waals surface area contributed by atoms with Gasteiger partial charge >= 0.3 is 0 Å². The number of carbonyl (C=O) groups excluding carboxylic acids is 1. The van der Waals surface area contributed by atoms with Crippen LogP contribution in [0.5, 0.6) is 5.75 Å². The molecule has 0 aliphatic carbocycles. The molecule has 3 heterocycles. The molecule has 0 N–H and O–H groups in total. The summed E-state index contributed by atoms with van der Waals surface area (Å²) < 4.78 is 7.22. The first-order chi connectivity index (χ1) is 13.6. The molecule has 1 saturated heterocycles. The molecule has 3 aromatic rings. The molecule has 7 heteroatoms. The normalized spacial score (nSPS) is 15.0. The van der Waals surface area contributed by atoms with Gasteiger partial charge < -0.3 is 9.64 Å². The molecule has 2 aromatic heterocycles. The fraction of sp³-hybridized carbons (Fsp3) is 0.333. The average molecular weight is 378 g/mol. The highest BCUT2D eigenvalue weighted by Crippen LogP contribution is 2.18. The first kappa shape index (κ1) is 18.2. The first-order valence-corrected chi connectivity index (χ1v) is 9.43. The lowest BCUT2D eigenvalue weighted by Gasteiger charge is -2.32. The van der Waals surface area contributed by atoms with Crippen LogP contribution in [0.3, 0.4) is 0 Å². The molecular weight excluding hydrogens is 356 g/mol. The SMILES string of the molecule is Cc1nn(CC(=O)N2CCC(Oc3ccncc3)CC2)c(=O)c2ccccc12. The molecule has 0 atom stereocenters. The molecule has 144 valence electrons. The van der Waals surface area contributed by atoms with Crippen LogP contribution in [0, 0.1) is 6.92 Å². The van der Waals surface area contributed by atoms with Crippen LogP contribution < -0.4 is 10.3 Å². The van der Waals surface area contributed by atoms with Crippen LogP contribution >= 0.6 is 0 Å². The number of fused-ring (bicyclic) bond motifs is 1. The average Bonchev–Trinajstić information content (AvgIpc) is 2.73. The smallest absolute Gasteiger partial charge is 0.275 e. The van der Waals surface area contributed by atoms with Crippen molar-refractivity contribution in [2.24, 2.45) is 0 Å². The van der Waals surface area contributed by atoms with Crippen LogP contribution in [0.25, 0.3) is 10.8 Å². The molecule has 28 heavy (non-hydrogen) atoms. The standard InChI is InChI=1S/C21H22N4O3/c1-15-18-4-2-3-5-19(18)21(27)25(23-15)14-20(26)24-12-8-17(9-13-24)28-16-6-10-22-11-7-16/h2-7,10-11,17H,8-9,12-14H2,1H3. The number of likely N-dealkylation sites (tertiary alicyclic amines) is 1. The summed E-state index contributed by atoms with van der Waals surface area (Å²) in [6.07, 6.45) is 4.99. The largest absolute Gasteiger partial charge is 0.490 e. The van der Waals surface area contributed by atoms with Crippen molar-refractivity contribution in [3.63, 3.8) is 0 Å². The number of aryl methyl sites for hydroxylation is 1. The minimum Gasteiger partial charge on any atom is -0.490 e. The monoisotopic (exact) mass is 378 g/mol. The van der Waals surface area contributed by atoms with Gasteiger partial charge in [-0.05, 0) is 25.1 Å². The zero-order valence-electron chi connectivity index (χ0n) is 15.7. The van der Waals surface area contributed by atoms with Crippen molar-refractivity contribution in [1.82, 2.24) is 19.7 Å². The van der Waals surface area contributed by atoms with Crippen LogP contribution in [-0.4, -0.2) is 44.8 Å². The first-order valence-electron chi connectivity index (χ1n) is 9.43. The third-order valence-corrected chi connectivity index (χ3v) is 5.08. The summed E-state index contributed by atoms with van der Waals surface area (Å²) in [5, 5.41) is 5.75. The van der Waals surface area contributed by atoms with Gasteiger partial charge in [-0.15, -0.1) is 0 Å². The number of hydrogen-bond acceptors (Lipinski definition) is 5. The summed E-state index contributed by atoms with van der Waals surface area (Å²) in [4.78, 5) is 31.1. The van der Waals surface area contributed by atoms with Crippen molar-refractivity contribution in [2.75, 3.05) is 13.1 Å². The van der Waals surface area contributed by atoms with Crippen molar-refractivity contribution in [1.29, 1.82) is 0 Å². The summed E-state index contributed by atoms with van der Waals surface area (Å²) >= 11 is 0. The van der Waals surface area contributed by atoms with E-state index in [0.717, 1.165) is 29.7 Å². The van der Waals surface area contributed by atoms with Gasteiger partial charge in [0.15, 0.2) is 0 Å². The molecule has 0 unspecified atom stereocenters. The van der Waals surface area contributed by atoms with Crippen LogP contribution in [0.1, 0.15) is 18.5 Å². The number of carbonyl (C=O) groups is 1. The van der Waals surface area contributed by atoms with Gasteiger partial charge in [-0.3, -0.25) is 14.6 Å². The highest BCUT2D eigenvalue weighted by atomic mass is 16.5. The predicted molar refractivity (Wildman–Crippen MR) is 105 cm³/mol. The Kier molecular flexibility index (Phi) is 5.06. The number of amides is 1. The highest BCUT2D eigenvalue weighted by Gasteiger charge is 2.24. The lowest BCUT2D eigenvalue weighted by molar-refractivity contribution is -0.133. The van der Waals surface area contributed by atoms with E-state index < -0.39 is 0 Å². The molecule has 7 nitrogen and oxygen atoms in total. The Morgan fingerprint density at radius 1 is 1.11 bits per heavy atom. The summed E-state index contributed by atoms with van der Waals surface area (Å²) in [6, 6.07) is 11.0. The van der Waals surface area contributed by atoms with E-state index in [0.29, 0.717) is 18.5 Å². The minimum absolute atomic E-state index is 0.0413. The Balaban J connectivity index is 1.41. The fourth-order valence-corrected chi connectivity index (χ4v) is 3.57. The van der Waals surface area contributed by atoms with E-state index in [4.69, 9.17) is 4.74 Å². The molecule has 1 fully saturated rings. The number of piperidine rings is 1. The Hall–Kier alpha value is -3.22. The number of pyridine rings is 1. The maximum absolute atomic E-state index is 12.7. The van der Waals surface area contributed by atoms with Crippen molar-refractivity contribution >= 4 is 16.7 Å². The van der Waals surface area contributed by atoms with Crippen molar-refractivity contribution in [3.05, 3.63) is 64.8 Å². The molecule has 0 spiro atoms. The van der Waals surface area contributed by atoms with E-state index in [9.17, 15) is 9.59 Å². The Morgan fingerprint density at radius 2 is 1.79 bits per heavy atom. The van der Waals surface area contributed by atoms with Gasteiger partial charge in [-0.2, -0.15) is 5.10 Å². The number of benzene rings is 1. The summed E-state index contributed by atoms with van der Waals surface area (Å²) in [5.74, 6) is 0.703. The molecule has 1 aliphatic heterocycles. The van der Waals surface area contributed by atoms with E-state index in [-0.39, 0.29) is 24.1 Å². The Bertz CT molecular complexity index is 1040. The van der Waals surface area contributed by atoms with Gasteiger partial charge in [0, 0.05) is 43.7 Å². The zero-order valence-corrected chi connectivity index (χ0v) is 15.7. The van der Waals surface area contributed by atoms with Crippen molar-refractivity contribution < 1.29 is 9.53 Å². The van der Waals surface area contributed by atoms with E-state index in [1.807, 2.05) is 37.3 Å². The molecule has 0 bridgehead atoms. The van der Waals surface area contributed by atoms with E-state index in [2.05, 4.69) is 10.1 Å². The molecular formula is C21H22N4O3. The third kappa shape index (κ3) is 3.74. The van der Waals surface area contributed by atoms with Gasteiger partial charge in [-0.25, -0.2) is 4.68 Å². The number of aromatic nitrogens is 3. The second-order valence-electron chi connectivity index (χ2n) is 6.97. The number of rotatable bonds is 4. The number of hydrogen-bond donors (Lipinski definition) is 0. The van der Waals surface area contributed by atoms with Gasteiger partial charge in [0.05, 0.1) is 11.1 Å². The maximum atomic E-state index is 12.7. The second-order valence-corrected chi connectivity index (χ2v) is 6.97. The summed E-state index contributed by atoms with van der Waals surface area (Å²) in [6.45, 7) is 3.02. The quantitative estimate of drug-likeness (QED) is 0.695. The molecule has 1 aromatic carbocycles. The second kappa shape index (κ2) is 7.80. The predicted octanol–water partition coefficient (Wildman–Crippen LogP) is 2.17. The lowest BCUT2D eigenvalue weighted by atomic mass is 10.1. The van der Waals surface area contributed by atoms with E-state index in [1.165, 1.54) is 4.68 Å². The minimum atomic E-state index is -0.231. The third-order valence-electron chi connectivity index (χ3n) is 5.08. The Morgan fingerprint density at radius 3 is 2.50 bits per heavy atom. The number of nitrogens with zero attached hydrogens (tertiary/aromatic N) is 4. The summed E-state index contributed by atoms with van der Waals surface area (Å²) in [7, 11) is 0. The topological polar surface area (TPSA) is 77.3 Å². The fourth-order valence-electron chi connectivity index (χ4n) is 3.57. The van der Waals surface area contributed by atoms with Gasteiger partial charge in [0.25, 0.3) is 5.56 Å². The van der Waals surface area contributed by atoms with Crippen LogP contribution in [0.2, 0.25) is 0 Å². The van der Waals surface area contributed by atoms with Gasteiger partial charge in [-0.1, -0.05) is 18.2 Å². The molecule has 0 radical (unpaired) electrons. The summed E-state index contributed by atoms with van der Waals surface area (Å²) in [5.41, 5.74) is 0.512. The zero-order chi connectivity index (χ0) is 19.5. The maximum Gasteiger partial charge on any atom is 0.275 e. The van der Waals surface area contributed by atoms with Crippen LogP contribution in [-0.2, 0) is 11.3 Å². The van der Waals surface area contributed by atoms with Crippen molar-refractivity contribution in [2.45, 2.75) is 32.4 Å².